The van der Waals surface area contributed by atoms with E-state index in [1.165, 1.54) is 6.21 Å². The third-order valence-corrected chi connectivity index (χ3v) is 3.92. The Morgan fingerprint density at radius 2 is 1.74 bits per heavy atom. The molecule has 8 nitrogen and oxygen atoms in total. The van der Waals surface area contributed by atoms with Crippen molar-refractivity contribution < 1.29 is 23.8 Å². The van der Waals surface area contributed by atoms with Gasteiger partial charge in [-0.1, -0.05) is 42.5 Å². The van der Waals surface area contributed by atoms with Crippen LogP contribution in [0.15, 0.2) is 59.7 Å². The molecule has 8 heteroatoms. The van der Waals surface area contributed by atoms with Crippen LogP contribution in [0, 0.1) is 0 Å². The molecule has 0 aliphatic heterocycles. The molecule has 0 saturated heterocycles. The van der Waals surface area contributed by atoms with Gasteiger partial charge in [-0.25, -0.2) is 10.2 Å². The van der Waals surface area contributed by atoms with Crippen LogP contribution in [0.2, 0.25) is 0 Å². The van der Waals surface area contributed by atoms with E-state index >= 15 is 0 Å². The van der Waals surface area contributed by atoms with Crippen LogP contribution < -0.4 is 15.5 Å². The van der Waals surface area contributed by atoms with E-state index in [2.05, 4.69) is 15.8 Å². The molecule has 2 aromatic rings. The van der Waals surface area contributed by atoms with Crippen LogP contribution in [0.5, 0.6) is 5.75 Å². The van der Waals surface area contributed by atoms with Crippen LogP contribution in [-0.2, 0) is 20.9 Å². The van der Waals surface area contributed by atoms with Crippen molar-refractivity contribution in [3.63, 3.8) is 0 Å². The number of nitrogens with zero attached hydrogens (tertiary/aromatic N) is 1. The summed E-state index contributed by atoms with van der Waals surface area (Å²) in [6, 6.07) is 15.8. The summed E-state index contributed by atoms with van der Waals surface area (Å²) in [7, 11) is 1.55. The molecule has 0 fully saturated rings. The molecule has 0 heterocycles. The van der Waals surface area contributed by atoms with Crippen LogP contribution in [0.3, 0.4) is 0 Å². The fourth-order valence-corrected chi connectivity index (χ4v) is 2.52. The van der Waals surface area contributed by atoms with E-state index in [0.717, 1.165) is 5.56 Å². The molecule has 1 atom stereocenters. The Morgan fingerprint density at radius 3 is 2.42 bits per heavy atom. The van der Waals surface area contributed by atoms with Gasteiger partial charge in [0, 0.05) is 5.56 Å². The number of ether oxygens (including phenoxy) is 3. The van der Waals surface area contributed by atoms with Crippen molar-refractivity contribution in [2.24, 2.45) is 5.10 Å². The van der Waals surface area contributed by atoms with Crippen LogP contribution >= 0.6 is 0 Å². The molecular formula is C23H29N3O5. The minimum Gasteiger partial charge on any atom is -0.496 e. The van der Waals surface area contributed by atoms with Crippen LogP contribution in [0.25, 0.3) is 0 Å². The Labute approximate surface area is 182 Å². The van der Waals surface area contributed by atoms with Crippen LogP contribution in [0.4, 0.5) is 4.79 Å². The molecule has 2 rings (SSSR count). The fraction of sp³-hybridized carbons (Fsp3) is 0.348. The highest BCUT2D eigenvalue weighted by Gasteiger charge is 2.24. The number of hydrogen-bond donors (Lipinski definition) is 2. The number of amides is 2. The molecule has 1 unspecified atom stereocenters. The van der Waals surface area contributed by atoms with Crippen molar-refractivity contribution in [2.45, 2.75) is 39.0 Å². The van der Waals surface area contributed by atoms with E-state index in [-0.39, 0.29) is 6.61 Å². The number of methoxy groups -OCH3 is 1. The molecule has 0 aliphatic carbocycles. The molecule has 0 aromatic heterocycles. The molecule has 0 saturated carbocycles. The molecule has 2 amide bonds. The summed E-state index contributed by atoms with van der Waals surface area (Å²) in [6.45, 7) is 5.47. The lowest BCUT2D eigenvalue weighted by atomic mass is 10.2. The normalized spacial score (nSPS) is 12.3. The topological polar surface area (TPSA) is 98.3 Å². The van der Waals surface area contributed by atoms with Crippen molar-refractivity contribution in [3.8, 4) is 5.75 Å². The number of alkyl carbamates (subject to hydrolysis) is 1. The molecule has 0 spiro atoms. The largest absolute Gasteiger partial charge is 0.496 e. The molecule has 0 radical (unpaired) electrons. The molecule has 0 bridgehead atoms. The Bertz CT molecular complexity index is 878. The summed E-state index contributed by atoms with van der Waals surface area (Å²) in [5.74, 6) is 0.0835. The number of benzene rings is 2. The highest BCUT2D eigenvalue weighted by molar-refractivity contribution is 5.88. The van der Waals surface area contributed by atoms with Crippen LogP contribution in [-0.4, -0.2) is 43.6 Å². The SMILES string of the molecule is COc1ccccc1C=NNC(=O)C(COCc1ccccc1)NC(=O)OC(C)(C)C. The van der Waals surface area contributed by atoms with Gasteiger partial charge in [0.2, 0.25) is 0 Å². The summed E-state index contributed by atoms with van der Waals surface area (Å²) in [5.41, 5.74) is 3.38. The van der Waals surface area contributed by atoms with Crippen molar-refractivity contribution in [3.05, 3.63) is 65.7 Å². The van der Waals surface area contributed by atoms with Crippen molar-refractivity contribution in [1.29, 1.82) is 0 Å². The lowest BCUT2D eigenvalue weighted by Gasteiger charge is -2.22. The minimum absolute atomic E-state index is 0.0514. The van der Waals surface area contributed by atoms with Crippen LogP contribution in [0.1, 0.15) is 31.9 Å². The Morgan fingerprint density at radius 1 is 1.06 bits per heavy atom. The lowest BCUT2D eigenvalue weighted by molar-refractivity contribution is -0.124. The number of hydrazone groups is 1. The first-order valence-electron chi connectivity index (χ1n) is 9.85. The fourth-order valence-electron chi connectivity index (χ4n) is 2.52. The van der Waals surface area contributed by atoms with Gasteiger partial charge in [-0.15, -0.1) is 0 Å². The number of carbonyl (C=O) groups is 2. The van der Waals surface area contributed by atoms with Gasteiger partial charge in [-0.2, -0.15) is 5.10 Å². The number of hydrogen-bond acceptors (Lipinski definition) is 6. The van der Waals surface area contributed by atoms with Gasteiger partial charge in [0.25, 0.3) is 5.91 Å². The van der Waals surface area contributed by atoms with Gasteiger partial charge in [-0.3, -0.25) is 4.79 Å². The van der Waals surface area contributed by atoms with E-state index in [1.807, 2.05) is 42.5 Å². The van der Waals surface area contributed by atoms with Gasteiger partial charge >= 0.3 is 6.09 Å². The molecule has 2 aromatic carbocycles. The zero-order valence-electron chi connectivity index (χ0n) is 18.3. The highest BCUT2D eigenvalue weighted by Crippen LogP contribution is 2.14. The average Bonchev–Trinajstić information content (AvgIpc) is 2.72. The van der Waals surface area contributed by atoms with Gasteiger partial charge in [0.15, 0.2) is 0 Å². The Kier molecular flexibility index (Phi) is 9.02. The summed E-state index contributed by atoms with van der Waals surface area (Å²) < 4.78 is 16.1. The third-order valence-electron chi connectivity index (χ3n) is 3.92. The van der Waals surface area contributed by atoms with E-state index in [4.69, 9.17) is 14.2 Å². The van der Waals surface area contributed by atoms with E-state index in [9.17, 15) is 9.59 Å². The molecule has 31 heavy (non-hydrogen) atoms. The highest BCUT2D eigenvalue weighted by atomic mass is 16.6. The zero-order valence-corrected chi connectivity index (χ0v) is 18.3. The Balaban J connectivity index is 2.00. The van der Waals surface area contributed by atoms with Crippen molar-refractivity contribution >= 4 is 18.2 Å². The minimum atomic E-state index is -0.992. The van der Waals surface area contributed by atoms with E-state index in [0.29, 0.717) is 17.9 Å². The third kappa shape index (κ3) is 8.88. The summed E-state index contributed by atoms with van der Waals surface area (Å²) in [5, 5.41) is 6.50. The van der Waals surface area contributed by atoms with E-state index in [1.54, 1.807) is 40.0 Å². The molecule has 2 N–H and O–H groups in total. The predicted molar refractivity (Wildman–Crippen MR) is 118 cm³/mol. The molecule has 0 aliphatic rings. The number of para-hydroxylation sites is 1. The maximum Gasteiger partial charge on any atom is 0.408 e. The second kappa shape index (κ2) is 11.7. The lowest BCUT2D eigenvalue weighted by Crippen LogP contribution is -2.49. The summed E-state index contributed by atoms with van der Waals surface area (Å²) in [4.78, 5) is 24.8. The van der Waals surface area contributed by atoms with E-state index < -0.39 is 23.6 Å². The maximum absolute atomic E-state index is 12.6. The molecular weight excluding hydrogens is 398 g/mol. The van der Waals surface area contributed by atoms with Crippen molar-refractivity contribution in [2.75, 3.05) is 13.7 Å². The molecule has 166 valence electrons. The predicted octanol–water partition coefficient (Wildman–Crippen LogP) is 3.26. The first-order chi connectivity index (χ1) is 14.8. The number of nitrogens with one attached hydrogen (secondary N) is 2. The van der Waals surface area contributed by atoms with Gasteiger partial charge in [0.1, 0.15) is 17.4 Å². The monoisotopic (exact) mass is 427 g/mol. The maximum atomic E-state index is 12.6. The Hall–Kier alpha value is -3.39. The first-order valence-corrected chi connectivity index (χ1v) is 9.85. The van der Waals surface area contributed by atoms with Gasteiger partial charge in [-0.05, 0) is 38.5 Å². The quantitative estimate of drug-likeness (QED) is 0.473. The summed E-state index contributed by atoms with van der Waals surface area (Å²) >= 11 is 0. The standard InChI is InChI=1S/C23H29N3O5/c1-23(2,3)31-22(28)25-19(16-30-15-17-10-6-5-7-11-17)21(27)26-24-14-18-12-8-9-13-20(18)29-4/h5-14,19H,15-16H2,1-4H3,(H,25,28)(H,26,27). The second-order valence-corrected chi connectivity index (χ2v) is 7.68. The number of carbonyl (C=O) groups excluding carboxylic acids is 2. The van der Waals surface area contributed by atoms with Gasteiger partial charge < -0.3 is 19.5 Å². The van der Waals surface area contributed by atoms with Gasteiger partial charge in [0.05, 0.1) is 26.5 Å². The first kappa shape index (κ1) is 23.9. The second-order valence-electron chi connectivity index (χ2n) is 7.68. The summed E-state index contributed by atoms with van der Waals surface area (Å²) in [6.07, 6.45) is 0.746. The number of rotatable bonds is 9. The zero-order chi connectivity index (χ0) is 22.7. The smallest absolute Gasteiger partial charge is 0.408 e. The van der Waals surface area contributed by atoms with Crippen molar-refractivity contribution in [1.82, 2.24) is 10.7 Å². The average molecular weight is 428 g/mol.